The summed E-state index contributed by atoms with van der Waals surface area (Å²) in [6.45, 7) is 4.39. The van der Waals surface area contributed by atoms with E-state index in [1.807, 2.05) is 6.20 Å². The van der Waals surface area contributed by atoms with Gasteiger partial charge in [0, 0.05) is 11.1 Å². The Labute approximate surface area is 125 Å². The van der Waals surface area contributed by atoms with Crippen LogP contribution in [0.1, 0.15) is 37.4 Å². The maximum absolute atomic E-state index is 4.07. The van der Waals surface area contributed by atoms with Crippen molar-refractivity contribution < 1.29 is 0 Å². The van der Waals surface area contributed by atoms with Gasteiger partial charge in [0.15, 0.2) is 0 Å². The van der Waals surface area contributed by atoms with Gasteiger partial charge in [0.05, 0.1) is 17.8 Å². The maximum atomic E-state index is 4.07. The number of aromatic nitrogens is 2. The molecule has 0 aliphatic carbocycles. The molecule has 2 aromatic carbocycles. The molecule has 108 valence electrons. The molecular formula is C18H21N3. The molecule has 1 aromatic heterocycles. The van der Waals surface area contributed by atoms with Crippen molar-refractivity contribution in [1.29, 1.82) is 0 Å². The van der Waals surface area contributed by atoms with Gasteiger partial charge >= 0.3 is 0 Å². The molecule has 0 fully saturated rings. The fraction of sp³-hybridized carbons (Fsp3) is 0.278. The summed E-state index contributed by atoms with van der Waals surface area (Å²) in [5.74, 6) is 0. The zero-order valence-corrected chi connectivity index (χ0v) is 12.6. The smallest absolute Gasteiger partial charge is 0.0670 e. The van der Waals surface area contributed by atoms with E-state index in [1.165, 1.54) is 11.1 Å². The van der Waals surface area contributed by atoms with E-state index in [2.05, 4.69) is 71.8 Å². The average Bonchev–Trinajstić information content (AvgIpc) is 3.00. The number of aromatic amines is 1. The Morgan fingerprint density at radius 1 is 1.10 bits per heavy atom. The van der Waals surface area contributed by atoms with Crippen LogP contribution in [-0.4, -0.2) is 10.2 Å². The van der Waals surface area contributed by atoms with Crippen LogP contribution in [0.4, 0.5) is 5.69 Å². The second-order valence-corrected chi connectivity index (χ2v) is 5.37. The Bertz CT molecular complexity index is 713. The van der Waals surface area contributed by atoms with Crippen molar-refractivity contribution in [2.24, 2.45) is 0 Å². The van der Waals surface area contributed by atoms with Crippen molar-refractivity contribution in [2.75, 3.05) is 5.32 Å². The van der Waals surface area contributed by atoms with E-state index in [0.717, 1.165) is 29.4 Å². The molecule has 1 atom stereocenters. The molecule has 3 aromatic rings. The molecule has 0 spiro atoms. The summed E-state index contributed by atoms with van der Waals surface area (Å²) in [5, 5.41) is 11.8. The fourth-order valence-corrected chi connectivity index (χ4v) is 2.63. The minimum Gasteiger partial charge on any atom is -0.378 e. The van der Waals surface area contributed by atoms with Crippen LogP contribution in [0.25, 0.3) is 10.9 Å². The standard InChI is InChI=1S/C18H21N3/c1-3-13-5-7-14(8-6-13)17(4-2)20-16-10-9-15-12-19-21-18(15)11-16/h5-12,17,20H,3-4H2,1-2H3,(H,19,21). The van der Waals surface area contributed by atoms with Crippen LogP contribution in [0.2, 0.25) is 0 Å². The van der Waals surface area contributed by atoms with Crippen LogP contribution in [0.5, 0.6) is 0 Å². The lowest BCUT2D eigenvalue weighted by atomic mass is 10.0. The highest BCUT2D eigenvalue weighted by Gasteiger charge is 2.09. The van der Waals surface area contributed by atoms with Gasteiger partial charge in [-0.1, -0.05) is 38.1 Å². The van der Waals surface area contributed by atoms with E-state index in [1.54, 1.807) is 0 Å². The zero-order valence-electron chi connectivity index (χ0n) is 12.6. The van der Waals surface area contributed by atoms with E-state index in [0.29, 0.717) is 6.04 Å². The second-order valence-electron chi connectivity index (χ2n) is 5.37. The molecular weight excluding hydrogens is 258 g/mol. The number of hydrogen-bond donors (Lipinski definition) is 2. The second kappa shape index (κ2) is 6.00. The summed E-state index contributed by atoms with van der Waals surface area (Å²) in [6.07, 6.45) is 3.98. The highest BCUT2D eigenvalue weighted by molar-refractivity contribution is 5.81. The number of hydrogen-bond acceptors (Lipinski definition) is 2. The van der Waals surface area contributed by atoms with Crippen LogP contribution in [0, 0.1) is 0 Å². The third-order valence-electron chi connectivity index (χ3n) is 3.98. The number of nitrogens with zero attached hydrogens (tertiary/aromatic N) is 1. The van der Waals surface area contributed by atoms with Gasteiger partial charge in [-0.2, -0.15) is 5.10 Å². The predicted octanol–water partition coefficient (Wildman–Crippen LogP) is 4.69. The quantitative estimate of drug-likeness (QED) is 0.711. The van der Waals surface area contributed by atoms with Crippen LogP contribution in [-0.2, 0) is 6.42 Å². The molecule has 0 aliphatic heterocycles. The minimum atomic E-state index is 0.330. The normalized spacial score (nSPS) is 12.5. The molecule has 0 saturated heterocycles. The van der Waals surface area contributed by atoms with Crippen LogP contribution in [0.3, 0.4) is 0 Å². The average molecular weight is 279 g/mol. The van der Waals surface area contributed by atoms with Gasteiger partial charge in [-0.05, 0) is 42.2 Å². The number of rotatable bonds is 5. The Hall–Kier alpha value is -2.29. The van der Waals surface area contributed by atoms with Gasteiger partial charge in [-0.15, -0.1) is 0 Å². The van der Waals surface area contributed by atoms with E-state index < -0.39 is 0 Å². The molecule has 3 nitrogen and oxygen atoms in total. The first-order valence-electron chi connectivity index (χ1n) is 7.58. The number of H-pyrrole nitrogens is 1. The van der Waals surface area contributed by atoms with Crippen LogP contribution < -0.4 is 5.32 Å². The number of anilines is 1. The number of nitrogens with one attached hydrogen (secondary N) is 2. The van der Waals surface area contributed by atoms with E-state index in [-0.39, 0.29) is 0 Å². The highest BCUT2D eigenvalue weighted by Crippen LogP contribution is 2.25. The lowest BCUT2D eigenvalue weighted by Crippen LogP contribution is -2.09. The van der Waals surface area contributed by atoms with Crippen molar-refractivity contribution in [1.82, 2.24) is 10.2 Å². The predicted molar refractivity (Wildman–Crippen MR) is 88.6 cm³/mol. The van der Waals surface area contributed by atoms with Gasteiger partial charge in [-0.3, -0.25) is 5.10 Å². The maximum Gasteiger partial charge on any atom is 0.0670 e. The van der Waals surface area contributed by atoms with E-state index in [9.17, 15) is 0 Å². The third-order valence-corrected chi connectivity index (χ3v) is 3.98. The molecule has 3 heteroatoms. The lowest BCUT2D eigenvalue weighted by Gasteiger charge is -2.19. The van der Waals surface area contributed by atoms with Crippen LogP contribution in [0.15, 0.2) is 48.7 Å². The summed E-state index contributed by atoms with van der Waals surface area (Å²) in [5.41, 5.74) is 4.90. The molecule has 21 heavy (non-hydrogen) atoms. The first-order chi connectivity index (χ1) is 10.3. The molecule has 0 saturated carbocycles. The van der Waals surface area contributed by atoms with E-state index in [4.69, 9.17) is 0 Å². The Kier molecular flexibility index (Phi) is 3.91. The van der Waals surface area contributed by atoms with Gasteiger partial charge < -0.3 is 5.32 Å². The highest BCUT2D eigenvalue weighted by atomic mass is 15.1. The van der Waals surface area contributed by atoms with Crippen molar-refractivity contribution in [2.45, 2.75) is 32.7 Å². The first-order valence-corrected chi connectivity index (χ1v) is 7.58. The minimum absolute atomic E-state index is 0.330. The third kappa shape index (κ3) is 2.92. The van der Waals surface area contributed by atoms with E-state index >= 15 is 0 Å². The molecule has 1 unspecified atom stereocenters. The Morgan fingerprint density at radius 2 is 1.90 bits per heavy atom. The summed E-state index contributed by atoms with van der Waals surface area (Å²) in [7, 11) is 0. The molecule has 3 rings (SSSR count). The number of aryl methyl sites for hydroxylation is 1. The van der Waals surface area contributed by atoms with Gasteiger partial charge in [0.25, 0.3) is 0 Å². The Morgan fingerprint density at radius 3 is 2.62 bits per heavy atom. The van der Waals surface area contributed by atoms with Crippen LogP contribution >= 0.6 is 0 Å². The largest absolute Gasteiger partial charge is 0.378 e. The summed E-state index contributed by atoms with van der Waals surface area (Å²) in [6, 6.07) is 15.6. The van der Waals surface area contributed by atoms with Crippen molar-refractivity contribution in [3.8, 4) is 0 Å². The van der Waals surface area contributed by atoms with Gasteiger partial charge in [0.1, 0.15) is 0 Å². The zero-order chi connectivity index (χ0) is 14.7. The summed E-state index contributed by atoms with van der Waals surface area (Å²) in [4.78, 5) is 0. The summed E-state index contributed by atoms with van der Waals surface area (Å²) < 4.78 is 0. The first kappa shape index (κ1) is 13.7. The molecule has 2 N–H and O–H groups in total. The number of fused-ring (bicyclic) bond motifs is 1. The monoisotopic (exact) mass is 279 g/mol. The molecule has 0 bridgehead atoms. The topological polar surface area (TPSA) is 40.7 Å². The molecule has 0 radical (unpaired) electrons. The molecule has 1 heterocycles. The lowest BCUT2D eigenvalue weighted by molar-refractivity contribution is 0.749. The van der Waals surface area contributed by atoms with Crippen molar-refractivity contribution >= 4 is 16.6 Å². The van der Waals surface area contributed by atoms with Crippen molar-refractivity contribution in [3.05, 3.63) is 59.8 Å². The van der Waals surface area contributed by atoms with Gasteiger partial charge in [-0.25, -0.2) is 0 Å². The fourth-order valence-electron chi connectivity index (χ4n) is 2.63. The van der Waals surface area contributed by atoms with Crippen molar-refractivity contribution in [3.63, 3.8) is 0 Å². The number of benzene rings is 2. The molecule has 0 aliphatic rings. The SMILES string of the molecule is CCc1ccc(C(CC)Nc2ccc3cn[nH]c3c2)cc1. The Balaban J connectivity index is 1.82. The molecule has 0 amide bonds. The summed E-state index contributed by atoms with van der Waals surface area (Å²) >= 11 is 0. The van der Waals surface area contributed by atoms with Gasteiger partial charge in [0.2, 0.25) is 0 Å².